The highest BCUT2D eigenvalue weighted by atomic mass is 14.6. The van der Waals surface area contributed by atoms with Gasteiger partial charge in [0, 0.05) is 0 Å². The summed E-state index contributed by atoms with van der Waals surface area (Å²) in [5.74, 6) is 0. The van der Waals surface area contributed by atoms with Crippen LogP contribution < -0.4 is 0 Å². The second-order valence-corrected chi connectivity index (χ2v) is 8.53. The quantitative estimate of drug-likeness (QED) is 0.582. The molecule has 0 N–H and O–H groups in total. The SMILES string of the molecule is CC1(C)CC2(C)CC(C)(C1)c1c2ccc2ccccc12. The van der Waals surface area contributed by atoms with Crippen molar-refractivity contribution in [2.75, 3.05) is 0 Å². The molecule has 104 valence electrons. The van der Waals surface area contributed by atoms with Gasteiger partial charge in [0.25, 0.3) is 0 Å². The molecule has 2 aliphatic rings. The third kappa shape index (κ3) is 1.48. The maximum Gasteiger partial charge on any atom is -0.00527 e. The molecule has 0 aliphatic heterocycles. The van der Waals surface area contributed by atoms with Gasteiger partial charge in [-0.2, -0.15) is 0 Å². The molecule has 2 aliphatic carbocycles. The van der Waals surface area contributed by atoms with Crippen molar-refractivity contribution < 1.29 is 0 Å². The van der Waals surface area contributed by atoms with E-state index in [1.165, 1.54) is 30.0 Å². The van der Waals surface area contributed by atoms with Crippen LogP contribution >= 0.6 is 0 Å². The molecule has 4 rings (SSSR count). The third-order valence-electron chi connectivity index (χ3n) is 5.70. The fraction of sp³-hybridized carbons (Fsp3) is 0.500. The molecule has 2 aromatic rings. The summed E-state index contributed by atoms with van der Waals surface area (Å²) in [6.07, 6.45) is 3.96. The molecule has 0 saturated heterocycles. The molecule has 20 heavy (non-hydrogen) atoms. The smallest absolute Gasteiger partial charge is 0.00527 e. The van der Waals surface area contributed by atoms with Gasteiger partial charge in [0.05, 0.1) is 0 Å². The van der Waals surface area contributed by atoms with Gasteiger partial charge in [0.15, 0.2) is 0 Å². The number of benzene rings is 2. The fourth-order valence-corrected chi connectivity index (χ4v) is 5.95. The number of hydrogen-bond donors (Lipinski definition) is 0. The Morgan fingerprint density at radius 1 is 0.750 bits per heavy atom. The minimum Gasteiger partial charge on any atom is -0.0616 e. The number of rotatable bonds is 0. The lowest BCUT2D eigenvalue weighted by Crippen LogP contribution is -2.39. The van der Waals surface area contributed by atoms with Crippen molar-refractivity contribution in [1.29, 1.82) is 0 Å². The van der Waals surface area contributed by atoms with E-state index < -0.39 is 0 Å². The summed E-state index contributed by atoms with van der Waals surface area (Å²) in [6.45, 7) is 9.91. The zero-order valence-corrected chi connectivity index (χ0v) is 13.1. The molecule has 0 heteroatoms. The highest BCUT2D eigenvalue weighted by molar-refractivity contribution is 5.89. The van der Waals surface area contributed by atoms with Crippen LogP contribution in [0.2, 0.25) is 0 Å². The van der Waals surface area contributed by atoms with Gasteiger partial charge in [-0.15, -0.1) is 0 Å². The minimum absolute atomic E-state index is 0.354. The summed E-state index contributed by atoms with van der Waals surface area (Å²) >= 11 is 0. The maximum atomic E-state index is 2.50. The molecule has 0 heterocycles. The molecule has 0 spiro atoms. The van der Waals surface area contributed by atoms with Gasteiger partial charge in [0.2, 0.25) is 0 Å². The summed E-state index contributed by atoms with van der Waals surface area (Å²) in [6, 6.07) is 13.7. The average molecular weight is 264 g/mol. The standard InChI is InChI=1S/C20H24/c1-18(2)11-19(3)13-20(4,12-18)17-15-8-6-5-7-14(15)9-10-16(17)19/h5-10H,11-13H2,1-4H3. The Morgan fingerprint density at radius 2 is 1.45 bits per heavy atom. The van der Waals surface area contributed by atoms with E-state index in [2.05, 4.69) is 64.1 Å². The fourth-order valence-electron chi connectivity index (χ4n) is 5.95. The molecule has 1 saturated carbocycles. The van der Waals surface area contributed by atoms with Crippen molar-refractivity contribution in [3.63, 3.8) is 0 Å². The average Bonchev–Trinajstić information content (AvgIpc) is 2.51. The summed E-state index contributed by atoms with van der Waals surface area (Å²) in [4.78, 5) is 0. The van der Waals surface area contributed by atoms with Crippen molar-refractivity contribution in [3.05, 3.63) is 47.5 Å². The summed E-state index contributed by atoms with van der Waals surface area (Å²) in [7, 11) is 0. The second kappa shape index (κ2) is 3.47. The normalized spacial score (nSPS) is 34.2. The van der Waals surface area contributed by atoms with Crippen molar-refractivity contribution in [1.82, 2.24) is 0 Å². The predicted molar refractivity (Wildman–Crippen MR) is 86.3 cm³/mol. The van der Waals surface area contributed by atoms with E-state index in [0.29, 0.717) is 16.2 Å². The zero-order chi connectivity index (χ0) is 14.2. The first-order valence-corrected chi connectivity index (χ1v) is 7.86. The third-order valence-corrected chi connectivity index (χ3v) is 5.70. The van der Waals surface area contributed by atoms with Gasteiger partial charge in [-0.3, -0.25) is 0 Å². The van der Waals surface area contributed by atoms with Crippen LogP contribution in [0.15, 0.2) is 36.4 Å². The number of fused-ring (bicyclic) bond motifs is 7. The van der Waals surface area contributed by atoms with Crippen LogP contribution in [0.5, 0.6) is 0 Å². The molecule has 0 radical (unpaired) electrons. The highest BCUT2D eigenvalue weighted by Crippen LogP contribution is 2.63. The summed E-state index contributed by atoms with van der Waals surface area (Å²) < 4.78 is 0. The molecule has 0 nitrogen and oxygen atoms in total. The van der Waals surface area contributed by atoms with Crippen LogP contribution in [0.4, 0.5) is 0 Å². The monoisotopic (exact) mass is 264 g/mol. The molecule has 2 aromatic carbocycles. The molecule has 1 fully saturated rings. The molecular formula is C20H24. The van der Waals surface area contributed by atoms with E-state index in [1.54, 1.807) is 11.1 Å². The summed E-state index contributed by atoms with van der Waals surface area (Å²) in [5, 5.41) is 2.90. The van der Waals surface area contributed by atoms with Crippen LogP contribution in [0, 0.1) is 5.41 Å². The highest BCUT2D eigenvalue weighted by Gasteiger charge is 2.55. The Hall–Kier alpha value is -1.30. The van der Waals surface area contributed by atoms with Crippen LogP contribution in [0.1, 0.15) is 58.1 Å². The molecule has 2 bridgehead atoms. The first-order chi connectivity index (χ1) is 9.33. The predicted octanol–water partition coefficient (Wildman–Crippen LogP) is 5.58. The topological polar surface area (TPSA) is 0 Å². The van der Waals surface area contributed by atoms with Crippen molar-refractivity contribution in [2.45, 2.75) is 57.8 Å². The molecular weight excluding hydrogens is 240 g/mol. The Labute approximate surface area is 122 Å². The van der Waals surface area contributed by atoms with Crippen LogP contribution in [-0.2, 0) is 10.8 Å². The first-order valence-electron chi connectivity index (χ1n) is 7.86. The Morgan fingerprint density at radius 3 is 2.25 bits per heavy atom. The minimum atomic E-state index is 0.354. The van der Waals surface area contributed by atoms with Crippen molar-refractivity contribution in [2.24, 2.45) is 5.41 Å². The van der Waals surface area contributed by atoms with Gasteiger partial charge < -0.3 is 0 Å². The molecule has 2 unspecified atom stereocenters. The lowest BCUT2D eigenvalue weighted by Gasteiger charge is -2.45. The first kappa shape index (κ1) is 12.4. The van der Waals surface area contributed by atoms with E-state index in [-0.39, 0.29) is 0 Å². The lowest BCUT2D eigenvalue weighted by molar-refractivity contribution is 0.115. The van der Waals surface area contributed by atoms with E-state index in [1.807, 2.05) is 0 Å². The van der Waals surface area contributed by atoms with Crippen LogP contribution in [0.25, 0.3) is 10.8 Å². The van der Waals surface area contributed by atoms with Gasteiger partial charge in [-0.1, -0.05) is 64.1 Å². The lowest BCUT2D eigenvalue weighted by atomic mass is 9.59. The van der Waals surface area contributed by atoms with E-state index in [9.17, 15) is 0 Å². The van der Waals surface area contributed by atoms with Gasteiger partial charge in [0.1, 0.15) is 0 Å². The van der Waals surface area contributed by atoms with Crippen molar-refractivity contribution in [3.8, 4) is 0 Å². The molecule has 0 aromatic heterocycles. The van der Waals surface area contributed by atoms with Gasteiger partial charge in [-0.25, -0.2) is 0 Å². The van der Waals surface area contributed by atoms with E-state index in [4.69, 9.17) is 0 Å². The van der Waals surface area contributed by atoms with E-state index in [0.717, 1.165) is 0 Å². The zero-order valence-electron chi connectivity index (χ0n) is 13.1. The molecule has 2 atom stereocenters. The Kier molecular flexibility index (Phi) is 2.16. The van der Waals surface area contributed by atoms with Crippen molar-refractivity contribution >= 4 is 10.8 Å². The number of hydrogen-bond acceptors (Lipinski definition) is 0. The maximum absolute atomic E-state index is 2.50. The van der Waals surface area contributed by atoms with Crippen LogP contribution in [-0.4, -0.2) is 0 Å². The van der Waals surface area contributed by atoms with E-state index >= 15 is 0 Å². The van der Waals surface area contributed by atoms with Gasteiger partial charge >= 0.3 is 0 Å². The largest absolute Gasteiger partial charge is 0.0616 e. The Bertz CT molecular complexity index is 705. The van der Waals surface area contributed by atoms with Crippen LogP contribution in [0.3, 0.4) is 0 Å². The summed E-state index contributed by atoms with van der Waals surface area (Å²) in [5.41, 5.74) is 4.46. The van der Waals surface area contributed by atoms with Gasteiger partial charge in [-0.05, 0) is 57.4 Å². The molecule has 0 amide bonds. The second-order valence-electron chi connectivity index (χ2n) is 8.53. The Balaban J connectivity index is 2.09.